The van der Waals surface area contributed by atoms with Crippen molar-refractivity contribution in [2.24, 2.45) is 0 Å². The Morgan fingerprint density at radius 1 is 0.500 bits per heavy atom. The van der Waals surface area contributed by atoms with Gasteiger partial charge in [-0.05, 0) is 66.3 Å². The molecule has 0 aromatic heterocycles. The summed E-state index contributed by atoms with van der Waals surface area (Å²) in [5.41, 5.74) is 2.95. The van der Waals surface area contributed by atoms with Gasteiger partial charge in [0.25, 0.3) is 0 Å². The number of aromatic hydroxyl groups is 1. The molecule has 4 aromatic rings. The van der Waals surface area contributed by atoms with Crippen LogP contribution in [-0.4, -0.2) is 54.0 Å². The minimum Gasteiger partial charge on any atom is -0.508 e. The Hall–Kier alpha value is -4.98. The first-order valence-electron chi connectivity index (χ1n) is 15.2. The molecule has 242 valence electrons. The first-order valence-corrected chi connectivity index (χ1v) is 15.2. The van der Waals surface area contributed by atoms with E-state index >= 15 is 0 Å². The van der Waals surface area contributed by atoms with Gasteiger partial charge in [-0.15, -0.1) is 19.7 Å². The van der Waals surface area contributed by atoms with Crippen molar-refractivity contribution in [2.75, 3.05) is 26.4 Å². The quantitative estimate of drug-likeness (QED) is 0.104. The molecule has 0 bridgehead atoms. The van der Waals surface area contributed by atoms with Crippen LogP contribution in [0.5, 0.6) is 28.7 Å². The minimum absolute atomic E-state index is 0.0632. The number of hydrogen-bond acceptors (Lipinski definition) is 7. The summed E-state index contributed by atoms with van der Waals surface area (Å²) in [6.45, 7) is 11.4. The lowest BCUT2D eigenvalue weighted by Gasteiger charge is -2.17. The topological polar surface area (TPSA) is 97.6 Å². The molecular weight excluding hydrogens is 580 g/mol. The highest BCUT2D eigenvalue weighted by Gasteiger charge is 2.11. The average Bonchev–Trinajstić information content (AvgIpc) is 3.07. The first-order chi connectivity index (χ1) is 22.4. The molecule has 0 fully saturated rings. The molecule has 2 unspecified atom stereocenters. The van der Waals surface area contributed by atoms with Crippen LogP contribution in [0.4, 0.5) is 0 Å². The van der Waals surface area contributed by atoms with Gasteiger partial charge in [-0.3, -0.25) is 0 Å². The number of phenolic OH excluding ortho intramolecular Hbond substituents is 1. The van der Waals surface area contributed by atoms with Crippen molar-refractivity contribution in [2.45, 2.75) is 31.5 Å². The zero-order valence-corrected chi connectivity index (χ0v) is 26.2. The monoisotopic (exact) mass is 624 g/mol. The summed E-state index contributed by atoms with van der Waals surface area (Å²) >= 11 is 0. The molecular formula is C39H44O7. The van der Waals surface area contributed by atoms with E-state index in [2.05, 4.69) is 19.7 Å². The third-order valence-corrected chi connectivity index (χ3v) is 6.58. The number of phenols is 1. The maximum absolute atomic E-state index is 10.3. The summed E-state index contributed by atoms with van der Waals surface area (Å²) in [5, 5.41) is 29.8. The van der Waals surface area contributed by atoms with Crippen molar-refractivity contribution >= 4 is 0 Å². The molecule has 0 radical (unpaired) electrons. The van der Waals surface area contributed by atoms with Crippen LogP contribution in [0, 0.1) is 0 Å². The van der Waals surface area contributed by atoms with Crippen LogP contribution in [0.1, 0.15) is 16.7 Å². The van der Waals surface area contributed by atoms with Crippen LogP contribution in [0.3, 0.4) is 0 Å². The predicted octanol–water partition coefficient (Wildman–Crippen LogP) is 6.90. The highest BCUT2D eigenvalue weighted by Crippen LogP contribution is 2.22. The number of benzene rings is 4. The molecule has 4 rings (SSSR count). The van der Waals surface area contributed by atoms with Crippen molar-refractivity contribution in [1.29, 1.82) is 0 Å². The number of aliphatic hydroxyl groups is 2. The Balaban J connectivity index is 0.000000489. The summed E-state index contributed by atoms with van der Waals surface area (Å²) in [4.78, 5) is 0. The smallest absolute Gasteiger partial charge is 0.123 e. The fourth-order valence-corrected chi connectivity index (χ4v) is 4.28. The van der Waals surface area contributed by atoms with E-state index in [9.17, 15) is 15.3 Å². The molecule has 0 heterocycles. The van der Waals surface area contributed by atoms with Crippen LogP contribution >= 0.6 is 0 Å². The van der Waals surface area contributed by atoms with Gasteiger partial charge in [-0.2, -0.15) is 0 Å². The summed E-state index contributed by atoms with van der Waals surface area (Å²) in [6.07, 6.45) is 5.89. The molecule has 7 heteroatoms. The second-order valence-corrected chi connectivity index (χ2v) is 10.3. The van der Waals surface area contributed by atoms with Gasteiger partial charge in [0.05, 0.1) is 0 Å². The normalized spacial score (nSPS) is 11.6. The zero-order valence-electron chi connectivity index (χ0n) is 26.2. The number of aliphatic hydroxyl groups excluding tert-OH is 2. The molecule has 3 N–H and O–H groups in total. The van der Waals surface area contributed by atoms with Gasteiger partial charge in [0, 0.05) is 6.07 Å². The van der Waals surface area contributed by atoms with E-state index in [4.69, 9.17) is 18.9 Å². The Labute approximate surface area is 272 Å². The van der Waals surface area contributed by atoms with Crippen LogP contribution in [-0.2, 0) is 19.3 Å². The highest BCUT2D eigenvalue weighted by molar-refractivity contribution is 5.36. The number of hydrogen-bond donors (Lipinski definition) is 3. The summed E-state index contributed by atoms with van der Waals surface area (Å²) in [7, 11) is 0. The van der Waals surface area contributed by atoms with E-state index in [1.165, 1.54) is 0 Å². The van der Waals surface area contributed by atoms with E-state index in [0.717, 1.165) is 34.6 Å². The molecule has 0 saturated carbocycles. The lowest BCUT2D eigenvalue weighted by Crippen LogP contribution is -2.25. The van der Waals surface area contributed by atoms with E-state index in [-0.39, 0.29) is 26.4 Å². The third kappa shape index (κ3) is 12.6. The Morgan fingerprint density at radius 3 is 1.35 bits per heavy atom. The van der Waals surface area contributed by atoms with Gasteiger partial charge < -0.3 is 34.3 Å². The van der Waals surface area contributed by atoms with Crippen molar-refractivity contribution in [3.05, 3.63) is 152 Å². The second kappa shape index (κ2) is 20.1. The molecule has 0 spiro atoms. The Morgan fingerprint density at radius 2 is 0.891 bits per heavy atom. The summed E-state index contributed by atoms with van der Waals surface area (Å²) in [5.74, 6) is 2.88. The largest absolute Gasteiger partial charge is 0.508 e. The Kier molecular flexibility index (Phi) is 15.5. The van der Waals surface area contributed by atoms with Gasteiger partial charge in [0.1, 0.15) is 67.4 Å². The maximum atomic E-state index is 10.3. The molecule has 0 aliphatic rings. The predicted molar refractivity (Wildman–Crippen MR) is 183 cm³/mol. The molecule has 4 aromatic carbocycles. The summed E-state index contributed by atoms with van der Waals surface area (Å²) in [6, 6.07) is 29.6. The number of ether oxygens (including phenoxy) is 4. The van der Waals surface area contributed by atoms with Crippen LogP contribution in [0.25, 0.3) is 0 Å². The highest BCUT2D eigenvalue weighted by atomic mass is 16.5. The fraction of sp³-hybridized carbons (Fsp3) is 0.231. The standard InChI is InChI=1S/C30H34O6.C9H10O/c1-3-10-23-12-5-7-16-29(23)35-21-25(31)19-33-27-14-9-15-28(18-27)34-20-26(32)22-36-30-17-8-6-13-24(30)11-4-2;1-2-5-8-6-3-4-7-9(8)10/h3-9,12-18,25-26,31-32H,1-2,10-11,19-22H2;2-4,6-7,10H,1,5H2. The van der Waals surface area contributed by atoms with Gasteiger partial charge >= 0.3 is 0 Å². The van der Waals surface area contributed by atoms with E-state index < -0.39 is 12.2 Å². The third-order valence-electron chi connectivity index (χ3n) is 6.58. The molecule has 0 aliphatic heterocycles. The number of rotatable bonds is 18. The van der Waals surface area contributed by atoms with E-state index in [0.29, 0.717) is 30.1 Å². The van der Waals surface area contributed by atoms with Gasteiger partial charge in [-0.1, -0.05) is 78.9 Å². The molecule has 0 saturated heterocycles. The summed E-state index contributed by atoms with van der Waals surface area (Å²) < 4.78 is 22.9. The minimum atomic E-state index is -0.811. The number of allylic oxidation sites excluding steroid dienone is 3. The lowest BCUT2D eigenvalue weighted by atomic mass is 10.1. The maximum Gasteiger partial charge on any atom is 0.123 e. The molecule has 7 nitrogen and oxygen atoms in total. The van der Waals surface area contributed by atoms with Gasteiger partial charge in [0.2, 0.25) is 0 Å². The Bertz CT molecular complexity index is 1420. The van der Waals surface area contributed by atoms with Crippen molar-refractivity contribution in [1.82, 2.24) is 0 Å². The zero-order chi connectivity index (χ0) is 33.0. The van der Waals surface area contributed by atoms with Gasteiger partial charge in [-0.25, -0.2) is 0 Å². The van der Waals surface area contributed by atoms with E-state index in [1.54, 1.807) is 36.4 Å². The van der Waals surface area contributed by atoms with Crippen molar-refractivity contribution < 1.29 is 34.3 Å². The van der Waals surface area contributed by atoms with Crippen LogP contribution < -0.4 is 18.9 Å². The SMILES string of the molecule is C=CCc1ccccc1O.C=CCc1ccccc1OCC(O)COc1cccc(OCC(O)COc2ccccc2CC=C)c1. The molecule has 46 heavy (non-hydrogen) atoms. The van der Waals surface area contributed by atoms with E-state index in [1.807, 2.05) is 78.9 Å². The average molecular weight is 625 g/mol. The second-order valence-electron chi connectivity index (χ2n) is 10.3. The van der Waals surface area contributed by atoms with Crippen molar-refractivity contribution in [3.8, 4) is 28.7 Å². The van der Waals surface area contributed by atoms with Gasteiger partial charge in [0.15, 0.2) is 0 Å². The number of para-hydroxylation sites is 3. The lowest BCUT2D eigenvalue weighted by molar-refractivity contribution is 0.0598. The van der Waals surface area contributed by atoms with Crippen LogP contribution in [0.15, 0.2) is 135 Å². The molecule has 2 atom stereocenters. The first kappa shape index (κ1) is 35.5. The molecule has 0 amide bonds. The fourth-order valence-electron chi connectivity index (χ4n) is 4.28. The molecule has 0 aliphatic carbocycles. The van der Waals surface area contributed by atoms with Crippen LogP contribution in [0.2, 0.25) is 0 Å². The van der Waals surface area contributed by atoms with Crippen molar-refractivity contribution in [3.63, 3.8) is 0 Å².